The highest BCUT2D eigenvalue weighted by Gasteiger charge is 2.34. The first kappa shape index (κ1) is 31.0. The second-order valence-electron chi connectivity index (χ2n) is 12.0. The number of hydrogen-bond donors (Lipinski definition) is 2. The molecule has 2 aromatic carbocycles. The second kappa shape index (κ2) is 12.9. The van der Waals surface area contributed by atoms with E-state index < -0.39 is 17.7 Å². The van der Waals surface area contributed by atoms with Gasteiger partial charge < -0.3 is 20.0 Å². The summed E-state index contributed by atoms with van der Waals surface area (Å²) in [6, 6.07) is 13.1. The number of fused-ring (bicyclic) bond motifs is 1. The van der Waals surface area contributed by atoms with Crippen LogP contribution in [-0.4, -0.2) is 86.5 Å². The van der Waals surface area contributed by atoms with Crippen molar-refractivity contribution >= 4 is 35.5 Å². The zero-order valence-electron chi connectivity index (χ0n) is 25.3. The highest BCUT2D eigenvalue weighted by molar-refractivity contribution is 6.09. The van der Waals surface area contributed by atoms with Crippen molar-refractivity contribution in [2.24, 2.45) is 4.99 Å². The Hall–Kier alpha value is -3.98. The van der Waals surface area contributed by atoms with E-state index in [9.17, 15) is 24.6 Å². The number of benzene rings is 2. The molecule has 2 aliphatic heterocycles. The Morgan fingerprint density at radius 1 is 1.00 bits per heavy atom. The van der Waals surface area contributed by atoms with Crippen molar-refractivity contribution in [1.29, 1.82) is 0 Å². The molecular formula is C33H42N4O5. The van der Waals surface area contributed by atoms with Gasteiger partial charge in [-0.2, -0.15) is 0 Å². The Morgan fingerprint density at radius 3 is 2.19 bits per heavy atom. The molecule has 42 heavy (non-hydrogen) atoms. The topological polar surface area (TPSA) is 114 Å². The fraction of sp³-hybridized carbons (Fsp3) is 0.455. The van der Waals surface area contributed by atoms with Gasteiger partial charge in [-0.15, -0.1) is 0 Å². The highest BCUT2D eigenvalue weighted by Crippen LogP contribution is 2.34. The lowest BCUT2D eigenvalue weighted by Crippen LogP contribution is -2.49. The van der Waals surface area contributed by atoms with Crippen molar-refractivity contribution in [1.82, 2.24) is 14.7 Å². The average molecular weight is 575 g/mol. The fourth-order valence-corrected chi connectivity index (χ4v) is 5.55. The molecule has 0 aromatic heterocycles. The minimum Gasteiger partial charge on any atom is -0.465 e. The van der Waals surface area contributed by atoms with Gasteiger partial charge in [-0.1, -0.05) is 38.1 Å². The van der Waals surface area contributed by atoms with Crippen molar-refractivity contribution in [3.8, 4) is 11.1 Å². The summed E-state index contributed by atoms with van der Waals surface area (Å²) in [5.41, 5.74) is 3.33. The van der Waals surface area contributed by atoms with E-state index in [1.807, 2.05) is 75.9 Å². The summed E-state index contributed by atoms with van der Waals surface area (Å²) in [6.45, 7) is 11.6. The number of rotatable bonds is 7. The van der Waals surface area contributed by atoms with E-state index in [4.69, 9.17) is 4.99 Å². The summed E-state index contributed by atoms with van der Waals surface area (Å²) < 4.78 is 0. The lowest BCUT2D eigenvalue weighted by molar-refractivity contribution is -0.127. The van der Waals surface area contributed by atoms with Gasteiger partial charge in [0.15, 0.2) is 0 Å². The van der Waals surface area contributed by atoms with Crippen LogP contribution in [0.1, 0.15) is 76.2 Å². The van der Waals surface area contributed by atoms with E-state index in [-0.39, 0.29) is 18.2 Å². The van der Waals surface area contributed by atoms with Crippen LogP contribution in [0.15, 0.2) is 53.0 Å². The summed E-state index contributed by atoms with van der Waals surface area (Å²) in [6.07, 6.45) is 2.58. The molecule has 3 amide bonds. The largest absolute Gasteiger partial charge is 0.465 e. The molecule has 0 radical (unpaired) electrons. The van der Waals surface area contributed by atoms with Crippen molar-refractivity contribution in [2.75, 3.05) is 26.2 Å². The lowest BCUT2D eigenvalue weighted by Gasteiger charge is -2.34. The Balaban J connectivity index is 1.74. The second-order valence-corrected chi connectivity index (χ2v) is 12.0. The molecule has 9 nitrogen and oxygen atoms in total. The number of amidine groups is 1. The van der Waals surface area contributed by atoms with Gasteiger partial charge in [-0.3, -0.25) is 14.5 Å². The van der Waals surface area contributed by atoms with Gasteiger partial charge in [0.05, 0.1) is 11.8 Å². The monoisotopic (exact) mass is 574 g/mol. The van der Waals surface area contributed by atoms with Crippen molar-refractivity contribution < 1.29 is 24.6 Å². The maximum atomic E-state index is 13.7. The highest BCUT2D eigenvalue weighted by atomic mass is 16.4. The maximum absolute atomic E-state index is 13.7. The van der Waals surface area contributed by atoms with Crippen LogP contribution >= 0.6 is 0 Å². The number of aliphatic hydroxyl groups excluding tert-OH is 1. The minimum atomic E-state index is -1.13. The molecule has 1 fully saturated rings. The molecule has 0 aliphatic carbocycles. The third kappa shape index (κ3) is 6.90. The normalized spacial score (nSPS) is 16.7. The molecule has 4 rings (SSSR count). The quantitative estimate of drug-likeness (QED) is 0.434. The number of aliphatic hydroxyl groups is 1. The standard InChI is InChI=1S/C33H42N4O5/c1-6-15-35(16-7-2)31(40)26-18-25-13-12-24(19-28(25)34-29(20-26)37(32(41)42)33(3,4)5)22-8-10-23(11-9-22)30(39)36-17-14-27(38)21-36/h8-13,18-19,27,38H,6-7,14-17,20-21H2,1-5H3,(H,41,42). The van der Waals surface area contributed by atoms with Crippen LogP contribution in [0.3, 0.4) is 0 Å². The first-order chi connectivity index (χ1) is 19.9. The van der Waals surface area contributed by atoms with Gasteiger partial charge in [-0.25, -0.2) is 9.79 Å². The molecule has 0 spiro atoms. The van der Waals surface area contributed by atoms with E-state index in [0.717, 1.165) is 29.5 Å². The number of amides is 3. The number of nitrogens with zero attached hydrogens (tertiary/aromatic N) is 4. The first-order valence-electron chi connectivity index (χ1n) is 14.7. The predicted molar refractivity (Wildman–Crippen MR) is 165 cm³/mol. The Kier molecular flexibility index (Phi) is 9.51. The van der Waals surface area contributed by atoms with Crippen LogP contribution in [0, 0.1) is 0 Å². The van der Waals surface area contributed by atoms with Gasteiger partial charge in [-0.05, 0) is 75.4 Å². The molecule has 1 saturated heterocycles. The summed E-state index contributed by atoms with van der Waals surface area (Å²) in [7, 11) is 0. The molecule has 2 N–H and O–H groups in total. The SMILES string of the molecule is CCCN(CCC)C(=O)C1=Cc2ccc(-c3ccc(C(=O)N4CCC(O)C4)cc3)cc2N=C(N(C(=O)O)C(C)(C)C)C1. The van der Waals surface area contributed by atoms with Crippen LogP contribution in [0.25, 0.3) is 17.2 Å². The van der Waals surface area contributed by atoms with Crippen molar-refractivity contribution in [3.05, 3.63) is 59.2 Å². The summed E-state index contributed by atoms with van der Waals surface area (Å²) in [4.78, 5) is 48.6. The molecular weight excluding hydrogens is 532 g/mol. The van der Waals surface area contributed by atoms with E-state index in [1.54, 1.807) is 17.0 Å². The van der Waals surface area contributed by atoms with Gasteiger partial charge in [0.2, 0.25) is 5.91 Å². The summed E-state index contributed by atoms with van der Waals surface area (Å²) in [5, 5.41) is 20.0. The molecule has 2 aromatic rings. The minimum absolute atomic E-state index is 0.0956. The smallest absolute Gasteiger partial charge is 0.413 e. The molecule has 0 saturated carbocycles. The van der Waals surface area contributed by atoms with Crippen LogP contribution in [-0.2, 0) is 4.79 Å². The van der Waals surface area contributed by atoms with Crippen LogP contribution in [0.5, 0.6) is 0 Å². The van der Waals surface area contributed by atoms with Gasteiger partial charge in [0, 0.05) is 54.8 Å². The Labute approximate surface area is 248 Å². The number of carbonyl (C=O) groups excluding carboxylic acids is 2. The van der Waals surface area contributed by atoms with E-state index in [2.05, 4.69) is 0 Å². The van der Waals surface area contributed by atoms with Crippen LogP contribution in [0.4, 0.5) is 10.5 Å². The average Bonchev–Trinajstić information content (AvgIpc) is 3.28. The third-order valence-electron chi connectivity index (χ3n) is 7.54. The van der Waals surface area contributed by atoms with Gasteiger partial charge in [0.25, 0.3) is 5.91 Å². The van der Waals surface area contributed by atoms with Gasteiger partial charge in [0.1, 0.15) is 5.84 Å². The van der Waals surface area contributed by atoms with E-state index in [1.165, 1.54) is 4.90 Å². The van der Waals surface area contributed by atoms with Crippen LogP contribution < -0.4 is 0 Å². The number of aliphatic imine (C=N–C) groups is 1. The van der Waals surface area contributed by atoms with E-state index in [0.29, 0.717) is 55.3 Å². The summed E-state index contributed by atoms with van der Waals surface area (Å²) in [5.74, 6) is 0.0910. The number of likely N-dealkylation sites (tertiary alicyclic amines) is 1. The predicted octanol–water partition coefficient (Wildman–Crippen LogP) is 5.80. The number of carbonyl (C=O) groups is 3. The summed E-state index contributed by atoms with van der Waals surface area (Å²) >= 11 is 0. The molecule has 2 aliphatic rings. The Bertz CT molecular complexity index is 1380. The van der Waals surface area contributed by atoms with Crippen LogP contribution in [0.2, 0.25) is 0 Å². The van der Waals surface area contributed by atoms with Gasteiger partial charge >= 0.3 is 6.09 Å². The number of hydrogen-bond acceptors (Lipinski definition) is 5. The maximum Gasteiger partial charge on any atom is 0.413 e. The lowest BCUT2D eigenvalue weighted by atomic mass is 9.99. The van der Waals surface area contributed by atoms with Crippen molar-refractivity contribution in [3.63, 3.8) is 0 Å². The number of carboxylic acid groups (broad SMARTS) is 1. The molecule has 9 heteroatoms. The fourth-order valence-electron chi connectivity index (χ4n) is 5.55. The third-order valence-corrected chi connectivity index (χ3v) is 7.54. The zero-order chi connectivity index (χ0) is 30.6. The van der Waals surface area contributed by atoms with Crippen molar-refractivity contribution in [2.45, 2.75) is 71.9 Å². The molecule has 224 valence electrons. The zero-order valence-corrected chi connectivity index (χ0v) is 25.3. The molecule has 1 unspecified atom stereocenters. The molecule has 1 atom stereocenters. The molecule has 0 bridgehead atoms. The Morgan fingerprint density at radius 2 is 1.64 bits per heavy atom. The molecule has 2 heterocycles. The van der Waals surface area contributed by atoms with E-state index >= 15 is 0 Å². The first-order valence-corrected chi connectivity index (χ1v) is 14.7. The number of β-amino-alcohol motifs (C(OH)–C–C–N with tert-alkyl or cyclic N) is 1.